The van der Waals surface area contributed by atoms with Gasteiger partial charge in [-0.1, -0.05) is 0 Å². The molecule has 4 heteroatoms. The Morgan fingerprint density at radius 3 is 2.40 bits per heavy atom. The highest BCUT2D eigenvalue weighted by molar-refractivity contribution is 9.06. The topological polar surface area (TPSA) is 35.5 Å². The van der Waals surface area contributed by atoms with Crippen LogP contribution in [0.4, 0.5) is 0 Å². The van der Waals surface area contributed by atoms with Crippen molar-refractivity contribution < 1.29 is 13.4 Å². The normalized spacial score (nSPS) is 11.2. The molecule has 0 saturated carbocycles. The Labute approximate surface area is 69.1 Å². The van der Waals surface area contributed by atoms with E-state index in [0.717, 1.165) is 0 Å². The van der Waals surface area contributed by atoms with E-state index in [4.69, 9.17) is 0 Å². The summed E-state index contributed by atoms with van der Waals surface area (Å²) < 4.78 is 9.17. The van der Waals surface area contributed by atoms with Crippen LogP contribution in [0, 0.1) is 5.41 Å². The van der Waals surface area contributed by atoms with Gasteiger partial charge in [-0.15, -0.1) is 0 Å². The molecule has 0 aromatic rings. The molecule has 0 saturated heterocycles. The molecular formula is C6H11BrO3. The van der Waals surface area contributed by atoms with E-state index in [9.17, 15) is 4.79 Å². The lowest BCUT2D eigenvalue weighted by Gasteiger charge is -2.18. The number of carbonyl (C=O) groups excluding carboxylic acids is 1. The van der Waals surface area contributed by atoms with Crippen LogP contribution in [0.15, 0.2) is 0 Å². The van der Waals surface area contributed by atoms with Gasteiger partial charge in [0, 0.05) is 0 Å². The van der Waals surface area contributed by atoms with E-state index in [1.807, 2.05) is 0 Å². The summed E-state index contributed by atoms with van der Waals surface area (Å²) >= 11 is 2.77. The molecule has 60 valence electrons. The third kappa shape index (κ3) is 2.66. The molecule has 0 heterocycles. The molecule has 0 unspecified atom stereocenters. The van der Waals surface area contributed by atoms with Gasteiger partial charge in [0.25, 0.3) is 0 Å². The highest BCUT2D eigenvalue weighted by atomic mass is 79.9. The van der Waals surface area contributed by atoms with Crippen LogP contribution >= 0.6 is 16.3 Å². The summed E-state index contributed by atoms with van der Waals surface area (Å²) in [5, 5.41) is 0. The number of hydrogen-bond donors (Lipinski definition) is 0. The van der Waals surface area contributed by atoms with E-state index in [1.165, 1.54) is 7.11 Å². The van der Waals surface area contributed by atoms with E-state index < -0.39 is 5.41 Å². The van der Waals surface area contributed by atoms with Gasteiger partial charge in [0.1, 0.15) is 0 Å². The van der Waals surface area contributed by atoms with Crippen molar-refractivity contribution in [3.05, 3.63) is 0 Å². The Balaban J connectivity index is 3.96. The molecular weight excluding hydrogens is 200 g/mol. The number of hydrogen-bond acceptors (Lipinski definition) is 3. The molecule has 3 nitrogen and oxygen atoms in total. The molecule has 0 N–H and O–H groups in total. The molecule has 0 spiro atoms. The first-order chi connectivity index (χ1) is 4.54. The average Bonchev–Trinajstić information content (AvgIpc) is 1.86. The van der Waals surface area contributed by atoms with Crippen LogP contribution in [0.3, 0.4) is 0 Å². The molecule has 0 aromatic heterocycles. The maximum atomic E-state index is 10.9. The van der Waals surface area contributed by atoms with Gasteiger partial charge >= 0.3 is 5.97 Å². The molecule has 0 fully saturated rings. The van der Waals surface area contributed by atoms with Gasteiger partial charge in [-0.2, -0.15) is 0 Å². The highest BCUT2D eigenvalue weighted by Gasteiger charge is 2.28. The number of methoxy groups -OCH3 is 1. The molecule has 0 aliphatic carbocycles. The lowest BCUT2D eigenvalue weighted by Crippen LogP contribution is -2.29. The van der Waals surface area contributed by atoms with Crippen LogP contribution in [0.25, 0.3) is 0 Å². The predicted molar refractivity (Wildman–Crippen MR) is 40.7 cm³/mol. The van der Waals surface area contributed by atoms with Crippen molar-refractivity contribution in [3.8, 4) is 0 Å². The number of ether oxygens (including phenoxy) is 1. The van der Waals surface area contributed by atoms with Crippen molar-refractivity contribution in [1.29, 1.82) is 0 Å². The summed E-state index contributed by atoms with van der Waals surface area (Å²) in [6.45, 7) is 3.81. The molecule has 0 aliphatic heterocycles. The van der Waals surface area contributed by atoms with E-state index in [1.54, 1.807) is 13.8 Å². The largest absolute Gasteiger partial charge is 0.469 e. The number of carbonyl (C=O) groups is 1. The molecule has 0 aromatic carbocycles. The lowest BCUT2D eigenvalue weighted by atomic mass is 9.95. The SMILES string of the molecule is COC(=O)C(C)(C)COBr. The summed E-state index contributed by atoms with van der Waals surface area (Å²) in [7, 11) is 1.36. The van der Waals surface area contributed by atoms with Crippen molar-refractivity contribution in [2.75, 3.05) is 13.7 Å². The summed E-state index contributed by atoms with van der Waals surface area (Å²) in [5.41, 5.74) is -0.571. The first-order valence-corrected chi connectivity index (χ1v) is 3.51. The molecule has 0 rings (SSSR count). The highest BCUT2D eigenvalue weighted by Crippen LogP contribution is 2.17. The molecule has 0 aliphatic rings. The maximum absolute atomic E-state index is 10.9. The molecule has 0 atom stereocenters. The van der Waals surface area contributed by atoms with Crippen molar-refractivity contribution in [3.63, 3.8) is 0 Å². The summed E-state index contributed by atoms with van der Waals surface area (Å²) in [6, 6.07) is 0. The molecule has 0 radical (unpaired) electrons. The van der Waals surface area contributed by atoms with Crippen LogP contribution in [-0.4, -0.2) is 19.7 Å². The van der Waals surface area contributed by atoms with Crippen LogP contribution in [-0.2, 0) is 13.4 Å². The van der Waals surface area contributed by atoms with Gasteiger partial charge in [-0.05, 0) is 13.8 Å². The first kappa shape index (κ1) is 9.91. The second kappa shape index (κ2) is 3.93. The zero-order chi connectivity index (χ0) is 8.20. The fourth-order valence-corrected chi connectivity index (χ4v) is 1.04. The minimum absolute atomic E-state index is 0.271. The summed E-state index contributed by atoms with van der Waals surface area (Å²) in [6.07, 6.45) is 0. The van der Waals surface area contributed by atoms with Crippen molar-refractivity contribution in [2.45, 2.75) is 13.8 Å². The fourth-order valence-electron chi connectivity index (χ4n) is 0.472. The minimum Gasteiger partial charge on any atom is -0.469 e. The summed E-state index contributed by atoms with van der Waals surface area (Å²) in [4.78, 5) is 10.9. The Morgan fingerprint density at radius 2 is 2.10 bits per heavy atom. The second-order valence-electron chi connectivity index (χ2n) is 2.63. The minimum atomic E-state index is -0.571. The van der Waals surface area contributed by atoms with Gasteiger partial charge in [0.15, 0.2) is 0 Å². The lowest BCUT2D eigenvalue weighted by molar-refractivity contribution is -0.152. The zero-order valence-corrected chi connectivity index (χ0v) is 7.90. The van der Waals surface area contributed by atoms with Crippen molar-refractivity contribution in [1.82, 2.24) is 0 Å². The van der Waals surface area contributed by atoms with E-state index in [0.29, 0.717) is 6.61 Å². The van der Waals surface area contributed by atoms with Gasteiger partial charge in [-0.3, -0.25) is 4.79 Å². The van der Waals surface area contributed by atoms with Crippen molar-refractivity contribution >= 4 is 22.2 Å². The quantitative estimate of drug-likeness (QED) is 0.663. The average molecular weight is 211 g/mol. The van der Waals surface area contributed by atoms with Crippen LogP contribution in [0.1, 0.15) is 13.8 Å². The summed E-state index contributed by atoms with van der Waals surface area (Å²) in [5.74, 6) is -0.271. The van der Waals surface area contributed by atoms with Crippen LogP contribution in [0.5, 0.6) is 0 Å². The Morgan fingerprint density at radius 1 is 1.60 bits per heavy atom. The molecule has 10 heavy (non-hydrogen) atoms. The molecule has 0 amide bonds. The Hall–Kier alpha value is -0.0900. The van der Waals surface area contributed by atoms with E-state index in [-0.39, 0.29) is 5.97 Å². The maximum Gasteiger partial charge on any atom is 0.313 e. The van der Waals surface area contributed by atoms with Gasteiger partial charge in [-0.25, -0.2) is 0 Å². The first-order valence-electron chi connectivity index (χ1n) is 2.86. The van der Waals surface area contributed by atoms with Gasteiger partial charge in [0.2, 0.25) is 0 Å². The smallest absolute Gasteiger partial charge is 0.313 e. The van der Waals surface area contributed by atoms with Crippen LogP contribution in [0.2, 0.25) is 0 Å². The predicted octanol–water partition coefficient (Wildman–Crippen LogP) is 1.51. The molecule has 0 bridgehead atoms. The van der Waals surface area contributed by atoms with E-state index >= 15 is 0 Å². The van der Waals surface area contributed by atoms with Gasteiger partial charge < -0.3 is 8.57 Å². The third-order valence-corrected chi connectivity index (χ3v) is 1.38. The third-order valence-electron chi connectivity index (χ3n) is 1.15. The number of rotatable bonds is 3. The van der Waals surface area contributed by atoms with Gasteiger partial charge in [0.05, 0.1) is 35.4 Å². The Kier molecular flexibility index (Phi) is 3.89. The van der Waals surface area contributed by atoms with Crippen LogP contribution < -0.4 is 0 Å². The number of esters is 1. The Bertz CT molecular complexity index is 122. The number of halogens is 1. The standard InChI is InChI=1S/C6H11BrO3/c1-6(2,4-10-7)5(8)9-3/h4H2,1-3H3. The zero-order valence-electron chi connectivity index (χ0n) is 6.31. The second-order valence-corrected chi connectivity index (χ2v) is 3.09. The monoisotopic (exact) mass is 210 g/mol. The van der Waals surface area contributed by atoms with E-state index in [2.05, 4.69) is 24.8 Å². The van der Waals surface area contributed by atoms with Crippen molar-refractivity contribution in [2.24, 2.45) is 5.41 Å². The fraction of sp³-hybridized carbons (Fsp3) is 0.833.